The molecular weight excluding hydrogens is 316 g/mol. The number of hydrogen-bond donors (Lipinski definition) is 2. The van der Waals surface area contributed by atoms with Gasteiger partial charge in [0.15, 0.2) is 5.75 Å². The molecule has 0 fully saturated rings. The largest absolute Gasteiger partial charge is 0.455 e. The molecule has 0 aliphatic heterocycles. The summed E-state index contributed by atoms with van der Waals surface area (Å²) in [6.07, 6.45) is 2.25. The third kappa shape index (κ3) is 4.23. The fourth-order valence-corrected chi connectivity index (χ4v) is 2.52. The van der Waals surface area contributed by atoms with Gasteiger partial charge in [-0.25, -0.2) is 4.98 Å². The fourth-order valence-electron chi connectivity index (χ4n) is 2.52. The number of para-hydroxylation sites is 3. The van der Waals surface area contributed by atoms with Crippen LogP contribution >= 0.6 is 0 Å². The molecule has 2 N–H and O–H groups in total. The monoisotopic (exact) mass is 336 g/mol. The molecule has 6 nitrogen and oxygen atoms in total. The van der Waals surface area contributed by atoms with Crippen LogP contribution in [0.3, 0.4) is 0 Å². The topological polar surface area (TPSA) is 79.9 Å². The maximum atomic E-state index is 12.2. The summed E-state index contributed by atoms with van der Waals surface area (Å²) in [7, 11) is 0. The summed E-state index contributed by atoms with van der Waals surface area (Å²) in [5, 5.41) is 9.43. The Bertz CT molecular complexity index is 839. The third-order valence-corrected chi connectivity index (χ3v) is 3.84. The normalized spacial score (nSPS) is 10.5. The fraction of sp³-hybridized carbons (Fsp3) is 0.211. The zero-order valence-electron chi connectivity index (χ0n) is 14.2. The highest BCUT2D eigenvalue weighted by Gasteiger charge is 2.11. The van der Waals surface area contributed by atoms with Gasteiger partial charge in [-0.2, -0.15) is 5.10 Å². The number of aryl methyl sites for hydroxylation is 3. The number of amides is 1. The molecule has 0 bridgehead atoms. The van der Waals surface area contributed by atoms with Crippen molar-refractivity contribution in [3.05, 3.63) is 65.7 Å². The Morgan fingerprint density at radius 3 is 2.60 bits per heavy atom. The first kappa shape index (κ1) is 16.7. The van der Waals surface area contributed by atoms with Gasteiger partial charge in [0.05, 0.1) is 5.69 Å². The second kappa shape index (κ2) is 7.61. The number of carbonyl (C=O) groups excluding carboxylic acids is 1. The first-order chi connectivity index (χ1) is 12.1. The van der Waals surface area contributed by atoms with E-state index in [1.54, 1.807) is 0 Å². The van der Waals surface area contributed by atoms with Gasteiger partial charge >= 0.3 is 0 Å². The molecule has 128 valence electrons. The highest BCUT2D eigenvalue weighted by molar-refractivity contribution is 5.92. The lowest BCUT2D eigenvalue weighted by Crippen LogP contribution is -2.13. The van der Waals surface area contributed by atoms with E-state index in [4.69, 9.17) is 4.74 Å². The van der Waals surface area contributed by atoms with Gasteiger partial charge in [0.2, 0.25) is 5.91 Å². The molecule has 0 aliphatic carbocycles. The Kier molecular flexibility index (Phi) is 5.09. The van der Waals surface area contributed by atoms with Crippen LogP contribution in [-0.2, 0) is 11.2 Å². The maximum absolute atomic E-state index is 12.2. The smallest absolute Gasteiger partial charge is 0.224 e. The minimum atomic E-state index is -0.103. The first-order valence-electron chi connectivity index (χ1n) is 8.10. The van der Waals surface area contributed by atoms with Crippen LogP contribution in [0.4, 0.5) is 5.69 Å². The number of nitrogens with one attached hydrogen (secondary N) is 2. The molecule has 1 heterocycles. The zero-order chi connectivity index (χ0) is 17.6. The van der Waals surface area contributed by atoms with Crippen molar-refractivity contribution < 1.29 is 9.53 Å². The van der Waals surface area contributed by atoms with E-state index in [0.29, 0.717) is 30.1 Å². The Balaban J connectivity index is 1.71. The van der Waals surface area contributed by atoms with Crippen molar-refractivity contribution in [2.24, 2.45) is 0 Å². The van der Waals surface area contributed by atoms with Crippen molar-refractivity contribution in [2.75, 3.05) is 5.32 Å². The lowest BCUT2D eigenvalue weighted by molar-refractivity contribution is -0.116. The number of carbonyl (C=O) groups is 1. The van der Waals surface area contributed by atoms with Gasteiger partial charge in [-0.1, -0.05) is 30.3 Å². The second-order valence-corrected chi connectivity index (χ2v) is 5.80. The van der Waals surface area contributed by atoms with Crippen molar-refractivity contribution in [3.63, 3.8) is 0 Å². The summed E-state index contributed by atoms with van der Waals surface area (Å²) < 4.78 is 6.08. The van der Waals surface area contributed by atoms with Crippen LogP contribution in [0.5, 0.6) is 11.5 Å². The van der Waals surface area contributed by atoms with E-state index in [-0.39, 0.29) is 5.91 Å². The van der Waals surface area contributed by atoms with E-state index in [0.717, 1.165) is 16.9 Å². The van der Waals surface area contributed by atoms with Crippen LogP contribution in [0.15, 0.2) is 48.8 Å². The molecule has 1 aromatic heterocycles. The average Bonchev–Trinajstić information content (AvgIpc) is 3.11. The van der Waals surface area contributed by atoms with E-state index in [2.05, 4.69) is 20.5 Å². The number of aromatic nitrogens is 3. The van der Waals surface area contributed by atoms with Crippen molar-refractivity contribution in [1.82, 2.24) is 15.2 Å². The highest BCUT2D eigenvalue weighted by atomic mass is 16.5. The molecule has 25 heavy (non-hydrogen) atoms. The van der Waals surface area contributed by atoms with Gasteiger partial charge in [-0.15, -0.1) is 0 Å². The minimum absolute atomic E-state index is 0.103. The van der Waals surface area contributed by atoms with E-state index < -0.39 is 0 Å². The summed E-state index contributed by atoms with van der Waals surface area (Å²) in [6.45, 7) is 4.00. The molecule has 0 atom stereocenters. The number of hydrogen-bond acceptors (Lipinski definition) is 4. The lowest BCUT2D eigenvalue weighted by atomic mass is 10.1. The van der Waals surface area contributed by atoms with Gasteiger partial charge < -0.3 is 10.1 Å². The molecule has 0 unspecified atom stereocenters. The third-order valence-electron chi connectivity index (χ3n) is 3.84. The molecule has 0 saturated carbocycles. The molecule has 0 radical (unpaired) electrons. The van der Waals surface area contributed by atoms with Crippen LogP contribution in [0.1, 0.15) is 23.4 Å². The van der Waals surface area contributed by atoms with Gasteiger partial charge in [-0.05, 0) is 37.1 Å². The standard InChI is InChI=1S/C19H20N4O2/c1-13-6-5-7-14(2)19(13)25-16-9-4-3-8-15(16)22-18(24)11-10-17-20-12-21-23-17/h3-9,12H,10-11H2,1-2H3,(H,22,24)(H,20,21,23). The number of nitrogens with zero attached hydrogens (tertiary/aromatic N) is 2. The van der Waals surface area contributed by atoms with E-state index >= 15 is 0 Å². The Morgan fingerprint density at radius 1 is 1.12 bits per heavy atom. The molecule has 2 aromatic carbocycles. The molecule has 6 heteroatoms. The SMILES string of the molecule is Cc1cccc(C)c1Oc1ccccc1NC(=O)CCc1ncn[nH]1. The number of aromatic amines is 1. The molecule has 0 saturated heterocycles. The molecular formula is C19H20N4O2. The van der Waals surface area contributed by atoms with Crippen molar-refractivity contribution in [2.45, 2.75) is 26.7 Å². The quantitative estimate of drug-likeness (QED) is 0.718. The van der Waals surface area contributed by atoms with Crippen molar-refractivity contribution in [3.8, 4) is 11.5 Å². The second-order valence-electron chi connectivity index (χ2n) is 5.80. The summed E-state index contributed by atoms with van der Waals surface area (Å²) in [6, 6.07) is 13.4. The van der Waals surface area contributed by atoms with Gasteiger partial charge in [0.25, 0.3) is 0 Å². The number of anilines is 1. The van der Waals surface area contributed by atoms with Crippen molar-refractivity contribution in [1.29, 1.82) is 0 Å². The van der Waals surface area contributed by atoms with Crippen LogP contribution in [0, 0.1) is 13.8 Å². The molecule has 1 amide bonds. The lowest BCUT2D eigenvalue weighted by Gasteiger charge is -2.15. The number of ether oxygens (including phenoxy) is 1. The van der Waals surface area contributed by atoms with Crippen LogP contribution in [0.25, 0.3) is 0 Å². The van der Waals surface area contributed by atoms with Gasteiger partial charge in [0, 0.05) is 12.8 Å². The summed E-state index contributed by atoms with van der Waals surface area (Å²) in [5.74, 6) is 2.02. The molecule has 3 aromatic rings. The predicted molar refractivity (Wildman–Crippen MR) is 95.8 cm³/mol. The Hall–Kier alpha value is -3.15. The molecule has 0 spiro atoms. The predicted octanol–water partition coefficient (Wildman–Crippen LogP) is 3.79. The number of benzene rings is 2. The van der Waals surface area contributed by atoms with Crippen LogP contribution in [0.2, 0.25) is 0 Å². The van der Waals surface area contributed by atoms with E-state index in [1.807, 2.05) is 56.3 Å². The van der Waals surface area contributed by atoms with Crippen molar-refractivity contribution >= 4 is 11.6 Å². The highest BCUT2D eigenvalue weighted by Crippen LogP contribution is 2.33. The van der Waals surface area contributed by atoms with E-state index in [1.165, 1.54) is 6.33 Å². The van der Waals surface area contributed by atoms with Crippen LogP contribution < -0.4 is 10.1 Å². The maximum Gasteiger partial charge on any atom is 0.224 e. The summed E-state index contributed by atoms with van der Waals surface area (Å²) in [5.41, 5.74) is 2.74. The number of rotatable bonds is 6. The minimum Gasteiger partial charge on any atom is -0.455 e. The molecule has 3 rings (SSSR count). The van der Waals surface area contributed by atoms with Gasteiger partial charge in [0.1, 0.15) is 17.9 Å². The summed E-state index contributed by atoms with van der Waals surface area (Å²) >= 11 is 0. The average molecular weight is 336 g/mol. The first-order valence-corrected chi connectivity index (χ1v) is 8.10. The van der Waals surface area contributed by atoms with Gasteiger partial charge in [-0.3, -0.25) is 9.89 Å². The molecule has 0 aliphatic rings. The van der Waals surface area contributed by atoms with E-state index in [9.17, 15) is 4.79 Å². The zero-order valence-corrected chi connectivity index (χ0v) is 14.2. The summed E-state index contributed by atoms with van der Waals surface area (Å²) in [4.78, 5) is 16.2. The number of H-pyrrole nitrogens is 1. The Morgan fingerprint density at radius 2 is 1.88 bits per heavy atom. The van der Waals surface area contributed by atoms with Crippen LogP contribution in [-0.4, -0.2) is 21.1 Å². The Labute approximate surface area is 146 Å².